The highest BCUT2D eigenvalue weighted by Gasteiger charge is 2.80. The van der Waals surface area contributed by atoms with Gasteiger partial charge in [-0.05, 0) is 43.9 Å². The second-order valence-electron chi connectivity index (χ2n) is 7.52. The van der Waals surface area contributed by atoms with E-state index in [9.17, 15) is 19.1 Å². The molecular formula is C16H22FNO4. The Bertz CT molecular complexity index is 540. The smallest absolute Gasteiger partial charge is 0.339 e. The number of aliphatic hydroxyl groups excluding tert-OH is 1. The highest BCUT2D eigenvalue weighted by Crippen LogP contribution is 2.59. The minimum absolute atomic E-state index is 0.0147. The third kappa shape index (κ3) is 1.52. The molecule has 7 atom stereocenters. The van der Waals surface area contributed by atoms with Gasteiger partial charge in [0, 0.05) is 0 Å². The average molecular weight is 311 g/mol. The fraction of sp³-hybridized carbons (Fsp3) is 0.875. The van der Waals surface area contributed by atoms with Gasteiger partial charge in [0.25, 0.3) is 0 Å². The molecule has 5 nitrogen and oxygen atoms in total. The van der Waals surface area contributed by atoms with Crippen molar-refractivity contribution in [3.63, 3.8) is 0 Å². The first-order valence-electron chi connectivity index (χ1n) is 8.25. The van der Waals surface area contributed by atoms with Gasteiger partial charge in [0.05, 0.1) is 18.7 Å². The van der Waals surface area contributed by atoms with Crippen LogP contribution in [0, 0.1) is 23.7 Å². The van der Waals surface area contributed by atoms with Crippen LogP contribution in [0.25, 0.3) is 0 Å². The molecule has 2 aliphatic carbocycles. The monoisotopic (exact) mass is 311 g/mol. The van der Waals surface area contributed by atoms with Gasteiger partial charge in [-0.15, -0.1) is 0 Å². The van der Waals surface area contributed by atoms with Crippen LogP contribution in [0.4, 0.5) is 4.39 Å². The number of fused-ring (bicyclic) bond motifs is 2. The summed E-state index contributed by atoms with van der Waals surface area (Å²) in [4.78, 5) is 24.5. The maximum Gasteiger partial charge on any atom is 0.339 e. The van der Waals surface area contributed by atoms with Gasteiger partial charge in [0.15, 0.2) is 5.60 Å². The number of alkyl halides is 1. The van der Waals surface area contributed by atoms with Crippen molar-refractivity contribution >= 4 is 11.9 Å². The summed E-state index contributed by atoms with van der Waals surface area (Å²) in [6.07, 6.45) is 3.29. The van der Waals surface area contributed by atoms with Crippen LogP contribution < -0.4 is 5.32 Å². The van der Waals surface area contributed by atoms with Crippen molar-refractivity contribution in [3.05, 3.63) is 0 Å². The van der Waals surface area contributed by atoms with Crippen LogP contribution in [0.5, 0.6) is 0 Å². The van der Waals surface area contributed by atoms with Crippen molar-refractivity contribution in [2.24, 2.45) is 23.7 Å². The van der Waals surface area contributed by atoms with Gasteiger partial charge in [-0.2, -0.15) is 0 Å². The summed E-state index contributed by atoms with van der Waals surface area (Å²) >= 11 is 0. The van der Waals surface area contributed by atoms with Gasteiger partial charge < -0.3 is 15.2 Å². The lowest BCUT2D eigenvalue weighted by molar-refractivity contribution is -0.241. The van der Waals surface area contributed by atoms with Crippen molar-refractivity contribution in [2.75, 3.05) is 6.67 Å². The van der Waals surface area contributed by atoms with Crippen molar-refractivity contribution in [1.29, 1.82) is 0 Å². The van der Waals surface area contributed by atoms with E-state index >= 15 is 0 Å². The molecule has 1 amide bonds. The molecule has 4 aliphatic rings. The first kappa shape index (κ1) is 14.4. The number of ether oxygens (including phenoxy) is 1. The van der Waals surface area contributed by atoms with E-state index in [-0.39, 0.29) is 18.2 Å². The molecule has 2 saturated carbocycles. The summed E-state index contributed by atoms with van der Waals surface area (Å²) in [5.74, 6) is -0.536. The number of hydrogen-bond acceptors (Lipinski definition) is 4. The predicted octanol–water partition coefficient (Wildman–Crippen LogP) is 0.943. The van der Waals surface area contributed by atoms with Crippen molar-refractivity contribution in [2.45, 2.75) is 56.3 Å². The third-order valence-electron chi connectivity index (χ3n) is 6.60. The van der Waals surface area contributed by atoms with E-state index < -0.39 is 35.8 Å². The minimum atomic E-state index is -1.38. The molecule has 2 heterocycles. The number of nitrogens with one attached hydrogen (secondary N) is 1. The van der Waals surface area contributed by atoms with E-state index in [4.69, 9.17) is 4.74 Å². The lowest BCUT2D eigenvalue weighted by Crippen LogP contribution is -2.80. The van der Waals surface area contributed by atoms with Crippen LogP contribution in [-0.2, 0) is 14.3 Å². The number of esters is 1. The lowest BCUT2D eigenvalue weighted by Gasteiger charge is -2.55. The number of amides is 1. The fourth-order valence-electron chi connectivity index (χ4n) is 5.24. The summed E-state index contributed by atoms with van der Waals surface area (Å²) in [6, 6.07) is 0. The molecule has 6 heteroatoms. The molecule has 0 aromatic carbocycles. The van der Waals surface area contributed by atoms with E-state index in [1.165, 1.54) is 6.42 Å². The lowest BCUT2D eigenvalue weighted by atomic mass is 9.63. The molecule has 7 unspecified atom stereocenters. The number of halogens is 1. The second kappa shape index (κ2) is 4.43. The van der Waals surface area contributed by atoms with Crippen molar-refractivity contribution < 1.29 is 23.8 Å². The fourth-order valence-corrected chi connectivity index (χ4v) is 5.24. The van der Waals surface area contributed by atoms with Crippen LogP contribution in [0.2, 0.25) is 0 Å². The summed E-state index contributed by atoms with van der Waals surface area (Å²) in [7, 11) is 0. The minimum Gasteiger partial charge on any atom is -0.453 e. The van der Waals surface area contributed by atoms with Crippen molar-refractivity contribution in [1.82, 2.24) is 5.32 Å². The summed E-state index contributed by atoms with van der Waals surface area (Å²) in [5.41, 5.74) is -2.51. The molecule has 4 fully saturated rings. The van der Waals surface area contributed by atoms with E-state index in [2.05, 4.69) is 5.32 Å². The molecule has 2 aliphatic heterocycles. The number of aliphatic hydroxyl groups is 1. The van der Waals surface area contributed by atoms with Gasteiger partial charge in [-0.1, -0.05) is 12.8 Å². The Labute approximate surface area is 128 Å². The first-order chi connectivity index (χ1) is 10.5. The zero-order valence-corrected chi connectivity index (χ0v) is 12.7. The molecular weight excluding hydrogens is 289 g/mol. The topological polar surface area (TPSA) is 75.6 Å². The van der Waals surface area contributed by atoms with Crippen molar-refractivity contribution in [3.8, 4) is 0 Å². The van der Waals surface area contributed by atoms with Gasteiger partial charge >= 0.3 is 5.97 Å². The molecule has 22 heavy (non-hydrogen) atoms. The summed E-state index contributed by atoms with van der Waals surface area (Å²) in [5, 5.41) is 13.7. The number of carbonyl (C=O) groups is 2. The Balaban J connectivity index is 1.66. The summed E-state index contributed by atoms with van der Waals surface area (Å²) < 4.78 is 18.1. The number of hydrogen-bond donors (Lipinski definition) is 2. The molecule has 2 N–H and O–H groups in total. The molecule has 0 radical (unpaired) electrons. The van der Waals surface area contributed by atoms with E-state index in [1.54, 1.807) is 6.92 Å². The van der Waals surface area contributed by atoms with Crippen LogP contribution >= 0.6 is 0 Å². The Morgan fingerprint density at radius 2 is 2.23 bits per heavy atom. The first-order valence-corrected chi connectivity index (χ1v) is 8.25. The van der Waals surface area contributed by atoms with Crippen LogP contribution in [0.3, 0.4) is 0 Å². The van der Waals surface area contributed by atoms with E-state index in [0.717, 1.165) is 19.3 Å². The predicted molar refractivity (Wildman–Crippen MR) is 74.4 cm³/mol. The van der Waals surface area contributed by atoms with Crippen LogP contribution in [0.15, 0.2) is 0 Å². The van der Waals surface area contributed by atoms with Crippen LogP contribution in [-0.4, -0.2) is 40.9 Å². The van der Waals surface area contributed by atoms with Gasteiger partial charge in [-0.3, -0.25) is 9.18 Å². The summed E-state index contributed by atoms with van der Waals surface area (Å²) in [6.45, 7) is 1.01. The Hall–Kier alpha value is -1.17. The Morgan fingerprint density at radius 3 is 2.91 bits per heavy atom. The Morgan fingerprint density at radius 1 is 1.45 bits per heavy atom. The molecule has 4 rings (SSSR count). The SMILES string of the molecule is CC12OC(=O)C1(C(O)C1CCCC3CC31)NC(=O)C2CCF. The normalized spacial score (nSPS) is 50.3. The molecule has 0 bridgehead atoms. The number of carbonyl (C=O) groups excluding carboxylic acids is 2. The highest BCUT2D eigenvalue weighted by molar-refractivity contribution is 6.01. The molecule has 2 saturated heterocycles. The van der Waals surface area contributed by atoms with Gasteiger partial charge in [0.2, 0.25) is 11.4 Å². The van der Waals surface area contributed by atoms with Crippen LogP contribution in [0.1, 0.15) is 39.0 Å². The zero-order chi connectivity index (χ0) is 15.7. The quantitative estimate of drug-likeness (QED) is 0.758. The van der Waals surface area contributed by atoms with Gasteiger partial charge in [0.1, 0.15) is 0 Å². The molecule has 122 valence electrons. The van der Waals surface area contributed by atoms with E-state index in [0.29, 0.717) is 11.8 Å². The largest absolute Gasteiger partial charge is 0.453 e. The second-order valence-corrected chi connectivity index (χ2v) is 7.52. The average Bonchev–Trinajstić information content (AvgIpc) is 3.25. The standard InChI is InChI=1S/C16H22FNO4/c1-15-11(5-6-17)13(20)18-16(15,14(21)22-15)12(19)9-4-2-3-8-7-10(8)9/h8-12,19H,2-7H2,1H3,(H,18,20). The molecule has 0 aromatic heterocycles. The zero-order valence-electron chi connectivity index (χ0n) is 12.7. The maximum atomic E-state index is 12.8. The highest BCUT2D eigenvalue weighted by atomic mass is 19.1. The third-order valence-corrected chi connectivity index (χ3v) is 6.60. The maximum absolute atomic E-state index is 12.8. The number of rotatable bonds is 4. The molecule has 0 spiro atoms. The van der Waals surface area contributed by atoms with Gasteiger partial charge in [-0.25, -0.2) is 4.79 Å². The Kier molecular flexibility index (Phi) is 2.91. The molecule has 0 aromatic rings. The van der Waals surface area contributed by atoms with E-state index in [1.807, 2.05) is 0 Å².